The number of amidine groups is 2. The third kappa shape index (κ3) is 4.59. The van der Waals surface area contributed by atoms with Gasteiger partial charge in [0.15, 0.2) is 6.17 Å². The van der Waals surface area contributed by atoms with Crippen molar-refractivity contribution in [2.75, 3.05) is 0 Å². The van der Waals surface area contributed by atoms with E-state index in [1.165, 1.54) is 11.1 Å². The Morgan fingerprint density at radius 2 is 1.02 bits per heavy atom. The first-order chi connectivity index (χ1) is 21.3. The van der Waals surface area contributed by atoms with Crippen LogP contribution in [0.2, 0.25) is 0 Å². The van der Waals surface area contributed by atoms with E-state index >= 15 is 0 Å². The summed E-state index contributed by atoms with van der Waals surface area (Å²) in [5.74, 6) is 1.56. The smallest absolute Gasteiger partial charge is 0.169 e. The molecule has 2 heterocycles. The molecule has 6 aromatic carbocycles. The predicted octanol–water partition coefficient (Wildman–Crippen LogP) is 9.42. The second kappa shape index (κ2) is 10.6. The summed E-state index contributed by atoms with van der Waals surface area (Å²) >= 11 is 0. The predicted molar refractivity (Wildman–Crippen MR) is 176 cm³/mol. The number of fused-ring (bicyclic) bond motifs is 3. The summed E-state index contributed by atoms with van der Waals surface area (Å²) in [4.78, 5) is 10.2. The quantitative estimate of drug-likeness (QED) is 0.231. The maximum absolute atomic E-state index is 6.59. The summed E-state index contributed by atoms with van der Waals surface area (Å²) in [7, 11) is 0. The van der Waals surface area contributed by atoms with Gasteiger partial charge in [-0.1, -0.05) is 133 Å². The number of rotatable bonds is 5. The fourth-order valence-electron chi connectivity index (χ4n) is 5.83. The van der Waals surface area contributed by atoms with Gasteiger partial charge in [0.1, 0.15) is 22.8 Å². The van der Waals surface area contributed by atoms with Crippen molar-refractivity contribution in [1.29, 1.82) is 0 Å². The van der Waals surface area contributed by atoms with Crippen LogP contribution in [0.3, 0.4) is 0 Å². The van der Waals surface area contributed by atoms with Crippen molar-refractivity contribution in [3.63, 3.8) is 0 Å². The minimum absolute atomic E-state index is 0.369. The SMILES string of the molecule is c1ccc(C2=NC(c3ccccc3)N=C(c3ccc(-c4ccc(-c5ccccc5)cc4)c4oc5ccccc5c34)N2)cc1. The molecule has 1 N–H and O–H groups in total. The van der Waals surface area contributed by atoms with E-state index in [4.69, 9.17) is 14.4 Å². The molecule has 0 radical (unpaired) electrons. The first-order valence-corrected chi connectivity index (χ1v) is 14.5. The Hall–Kier alpha value is -5.74. The molecule has 1 aromatic heterocycles. The number of para-hydroxylation sites is 1. The van der Waals surface area contributed by atoms with Crippen molar-refractivity contribution in [3.05, 3.63) is 168 Å². The lowest BCUT2D eigenvalue weighted by Gasteiger charge is -2.23. The molecule has 0 amide bonds. The molecular weight excluding hydrogens is 526 g/mol. The molecule has 0 saturated heterocycles. The molecule has 7 aromatic rings. The highest BCUT2D eigenvalue weighted by Crippen LogP contribution is 2.39. The van der Waals surface area contributed by atoms with Gasteiger partial charge in [-0.25, -0.2) is 9.98 Å². The Kier molecular flexibility index (Phi) is 6.16. The van der Waals surface area contributed by atoms with Gasteiger partial charge in [0.2, 0.25) is 0 Å². The van der Waals surface area contributed by atoms with E-state index in [1.54, 1.807) is 0 Å². The third-order valence-corrected chi connectivity index (χ3v) is 7.97. The lowest BCUT2D eigenvalue weighted by molar-refractivity contribution is 0.670. The molecule has 0 bridgehead atoms. The molecule has 1 atom stereocenters. The number of nitrogens with one attached hydrogen (secondary N) is 1. The zero-order chi connectivity index (χ0) is 28.6. The van der Waals surface area contributed by atoms with Crippen molar-refractivity contribution in [2.45, 2.75) is 6.17 Å². The average Bonchev–Trinajstić information content (AvgIpc) is 3.49. The van der Waals surface area contributed by atoms with Crippen LogP contribution in [0.15, 0.2) is 166 Å². The maximum Gasteiger partial charge on any atom is 0.169 e. The molecule has 4 nitrogen and oxygen atoms in total. The highest BCUT2D eigenvalue weighted by Gasteiger charge is 2.24. The minimum Gasteiger partial charge on any atom is -0.455 e. The molecule has 0 fully saturated rings. The van der Waals surface area contributed by atoms with E-state index in [2.05, 4.69) is 102 Å². The second-order valence-corrected chi connectivity index (χ2v) is 10.6. The molecule has 0 aliphatic carbocycles. The Balaban J connectivity index is 1.29. The van der Waals surface area contributed by atoms with Gasteiger partial charge in [-0.3, -0.25) is 0 Å². The minimum atomic E-state index is -0.369. The molecule has 4 heteroatoms. The van der Waals surface area contributed by atoms with Gasteiger partial charge in [0.25, 0.3) is 0 Å². The second-order valence-electron chi connectivity index (χ2n) is 10.6. The van der Waals surface area contributed by atoms with Crippen LogP contribution in [-0.4, -0.2) is 11.7 Å². The standard InChI is InChI=1S/C39H27N3O/c1-4-12-26(13-5-1)27-20-22-28(23-21-27)31-24-25-33(35-32-18-10-11-19-34(32)43-36(31)35)39-41-37(29-14-6-2-7-15-29)40-38(42-39)30-16-8-3-9-17-30/h1-25,37H,(H,40,41,42). The molecule has 204 valence electrons. The topological polar surface area (TPSA) is 49.9 Å². The van der Waals surface area contributed by atoms with Crippen LogP contribution in [0.1, 0.15) is 22.9 Å². The summed E-state index contributed by atoms with van der Waals surface area (Å²) in [6, 6.07) is 52.1. The van der Waals surface area contributed by atoms with E-state index in [1.807, 2.05) is 54.6 Å². The molecule has 1 aliphatic rings. The number of benzene rings is 6. The van der Waals surface area contributed by atoms with Crippen LogP contribution in [0.4, 0.5) is 0 Å². The van der Waals surface area contributed by atoms with Crippen LogP contribution in [0, 0.1) is 0 Å². The van der Waals surface area contributed by atoms with E-state index in [9.17, 15) is 0 Å². The normalized spacial score (nSPS) is 14.7. The van der Waals surface area contributed by atoms with E-state index in [-0.39, 0.29) is 6.17 Å². The van der Waals surface area contributed by atoms with Gasteiger partial charge >= 0.3 is 0 Å². The van der Waals surface area contributed by atoms with Gasteiger partial charge < -0.3 is 9.73 Å². The molecule has 0 spiro atoms. The van der Waals surface area contributed by atoms with E-state index in [0.29, 0.717) is 0 Å². The largest absolute Gasteiger partial charge is 0.455 e. The van der Waals surface area contributed by atoms with Gasteiger partial charge in [-0.05, 0) is 40.5 Å². The fourth-order valence-corrected chi connectivity index (χ4v) is 5.83. The molecular formula is C39H27N3O. The zero-order valence-electron chi connectivity index (χ0n) is 23.3. The number of furan rings is 1. The molecule has 1 unspecified atom stereocenters. The first kappa shape index (κ1) is 25.0. The van der Waals surface area contributed by atoms with Crippen LogP contribution < -0.4 is 5.32 Å². The summed E-state index contributed by atoms with van der Waals surface area (Å²) in [5.41, 5.74) is 9.25. The number of hydrogen-bond donors (Lipinski definition) is 1. The Morgan fingerprint density at radius 1 is 0.465 bits per heavy atom. The van der Waals surface area contributed by atoms with Crippen molar-refractivity contribution in [3.8, 4) is 22.3 Å². The Labute approximate surface area is 249 Å². The fraction of sp³-hybridized carbons (Fsp3) is 0.0256. The van der Waals surface area contributed by atoms with Gasteiger partial charge in [0, 0.05) is 27.5 Å². The summed E-state index contributed by atoms with van der Waals surface area (Å²) < 4.78 is 6.59. The van der Waals surface area contributed by atoms with Gasteiger partial charge in [-0.2, -0.15) is 0 Å². The first-order valence-electron chi connectivity index (χ1n) is 14.5. The van der Waals surface area contributed by atoms with Crippen molar-refractivity contribution in [2.24, 2.45) is 9.98 Å². The average molecular weight is 554 g/mol. The summed E-state index contributed by atoms with van der Waals surface area (Å²) in [5, 5.41) is 5.67. The zero-order valence-corrected chi connectivity index (χ0v) is 23.3. The lowest BCUT2D eigenvalue weighted by Crippen LogP contribution is -2.36. The van der Waals surface area contributed by atoms with Crippen LogP contribution in [-0.2, 0) is 0 Å². The Bertz CT molecular complexity index is 2130. The van der Waals surface area contributed by atoms with Gasteiger partial charge in [0.05, 0.1) is 0 Å². The Morgan fingerprint density at radius 3 is 1.77 bits per heavy atom. The van der Waals surface area contributed by atoms with Gasteiger partial charge in [-0.15, -0.1) is 0 Å². The summed E-state index contributed by atoms with van der Waals surface area (Å²) in [6.07, 6.45) is -0.369. The van der Waals surface area contributed by atoms with Crippen molar-refractivity contribution >= 4 is 33.6 Å². The van der Waals surface area contributed by atoms with Crippen LogP contribution >= 0.6 is 0 Å². The number of hydrogen-bond acceptors (Lipinski definition) is 4. The highest BCUT2D eigenvalue weighted by molar-refractivity contribution is 6.24. The van der Waals surface area contributed by atoms with Crippen LogP contribution in [0.25, 0.3) is 44.2 Å². The van der Waals surface area contributed by atoms with Crippen molar-refractivity contribution < 1.29 is 4.42 Å². The lowest BCUT2D eigenvalue weighted by atomic mass is 9.96. The maximum atomic E-state index is 6.59. The van der Waals surface area contributed by atoms with E-state index < -0.39 is 0 Å². The molecule has 43 heavy (non-hydrogen) atoms. The molecule has 1 aliphatic heterocycles. The van der Waals surface area contributed by atoms with E-state index in [0.717, 1.165) is 61.4 Å². The van der Waals surface area contributed by atoms with Crippen molar-refractivity contribution in [1.82, 2.24) is 5.32 Å². The monoisotopic (exact) mass is 553 g/mol. The number of aliphatic imine (C=N–C) groups is 2. The summed E-state index contributed by atoms with van der Waals surface area (Å²) in [6.45, 7) is 0. The highest BCUT2D eigenvalue weighted by atomic mass is 16.3. The third-order valence-electron chi connectivity index (χ3n) is 7.97. The molecule has 0 saturated carbocycles. The molecule has 8 rings (SSSR count). The van der Waals surface area contributed by atoms with Crippen LogP contribution in [0.5, 0.6) is 0 Å². The number of nitrogens with zero attached hydrogens (tertiary/aromatic N) is 2.